The summed E-state index contributed by atoms with van der Waals surface area (Å²) >= 11 is 0. The van der Waals surface area contributed by atoms with E-state index in [9.17, 15) is 19.5 Å². The zero-order chi connectivity index (χ0) is 39.4. The van der Waals surface area contributed by atoms with Crippen LogP contribution in [0.15, 0.2) is 51.7 Å². The molecule has 2 amide bonds. The van der Waals surface area contributed by atoms with Gasteiger partial charge in [0, 0.05) is 36.7 Å². The minimum atomic E-state index is -0.545. The number of rotatable bonds is 32. The number of hydrogen-bond donors (Lipinski definition) is 4. The summed E-state index contributed by atoms with van der Waals surface area (Å²) in [7, 11) is 0. The van der Waals surface area contributed by atoms with E-state index >= 15 is 0 Å². The number of amides is 2. The van der Waals surface area contributed by atoms with Gasteiger partial charge in [-0.1, -0.05) is 12.1 Å². The highest BCUT2D eigenvalue weighted by atomic mass is 16.6. The van der Waals surface area contributed by atoms with E-state index in [0.717, 1.165) is 10.9 Å². The fourth-order valence-corrected chi connectivity index (χ4v) is 5.00. The van der Waals surface area contributed by atoms with Crippen LogP contribution in [0, 0.1) is 6.92 Å². The van der Waals surface area contributed by atoms with Crippen LogP contribution in [0.1, 0.15) is 23.1 Å². The molecule has 0 aliphatic rings. The van der Waals surface area contributed by atoms with E-state index in [1.54, 1.807) is 37.3 Å². The minimum Gasteiger partial charge on any atom is -0.508 e. The van der Waals surface area contributed by atoms with Crippen LogP contribution in [-0.4, -0.2) is 136 Å². The number of nitrogen functional groups attached to an aromatic ring is 1. The molecule has 0 radical (unpaired) electrons. The first kappa shape index (κ1) is 45.3. The van der Waals surface area contributed by atoms with Gasteiger partial charge < -0.3 is 63.8 Å². The quantitative estimate of drug-likeness (QED) is 0.0406. The molecule has 3 aromatic rings. The number of hydrogen-bond acceptors (Lipinski definition) is 14. The molecule has 0 unspecified atom stereocenters. The van der Waals surface area contributed by atoms with Crippen molar-refractivity contribution in [2.45, 2.75) is 26.2 Å². The van der Waals surface area contributed by atoms with Gasteiger partial charge in [-0.3, -0.25) is 9.59 Å². The van der Waals surface area contributed by atoms with Crippen LogP contribution in [0.5, 0.6) is 5.75 Å². The van der Waals surface area contributed by atoms with E-state index < -0.39 is 5.63 Å². The Morgan fingerprint density at radius 1 is 0.636 bits per heavy atom. The van der Waals surface area contributed by atoms with Crippen LogP contribution in [0.2, 0.25) is 0 Å². The number of phenols is 1. The fourth-order valence-electron chi connectivity index (χ4n) is 5.00. The van der Waals surface area contributed by atoms with Gasteiger partial charge in [-0.2, -0.15) is 0 Å². The Labute approximate surface area is 321 Å². The topological polar surface area (TPSA) is 209 Å². The summed E-state index contributed by atoms with van der Waals surface area (Å²) < 4.78 is 49.1. The van der Waals surface area contributed by atoms with E-state index in [4.69, 9.17) is 48.0 Å². The molecule has 0 saturated heterocycles. The maximum atomic E-state index is 12.4. The molecule has 1 heterocycles. The van der Waals surface area contributed by atoms with Crippen LogP contribution in [0.25, 0.3) is 11.0 Å². The third kappa shape index (κ3) is 20.4. The van der Waals surface area contributed by atoms with Crippen LogP contribution in [0.4, 0.5) is 5.69 Å². The SMILES string of the molecule is Cc1c(CC(=O)NCCOCCOCCOCCOCCOCCOCCOCCOCCC(=O)NCCc2ccc(O)cc2)c(=O)oc2cc(N)ccc12. The third-order valence-electron chi connectivity index (χ3n) is 7.97. The van der Waals surface area contributed by atoms with Crippen molar-refractivity contribution in [1.82, 2.24) is 10.6 Å². The molecule has 16 heteroatoms. The van der Waals surface area contributed by atoms with Gasteiger partial charge >= 0.3 is 5.63 Å². The fraction of sp³-hybridized carbons (Fsp3) is 0.564. The van der Waals surface area contributed by atoms with E-state index in [1.165, 1.54) is 0 Å². The Bertz CT molecular complexity index is 1570. The van der Waals surface area contributed by atoms with Crippen LogP contribution in [-0.2, 0) is 60.3 Å². The second-order valence-corrected chi connectivity index (χ2v) is 12.2. The zero-order valence-corrected chi connectivity index (χ0v) is 31.8. The molecule has 1 aromatic heterocycles. The molecule has 0 fully saturated rings. The summed E-state index contributed by atoms with van der Waals surface area (Å²) in [4.78, 5) is 36.6. The predicted molar refractivity (Wildman–Crippen MR) is 204 cm³/mol. The number of aromatic hydroxyl groups is 1. The Balaban J connectivity index is 0.974. The zero-order valence-electron chi connectivity index (χ0n) is 31.8. The molecule has 0 aliphatic carbocycles. The van der Waals surface area contributed by atoms with Crippen LogP contribution in [0.3, 0.4) is 0 Å². The molecule has 16 nitrogen and oxygen atoms in total. The summed E-state index contributed by atoms with van der Waals surface area (Å²) in [5.74, 6) is -0.132. The van der Waals surface area contributed by atoms with Crippen molar-refractivity contribution in [3.63, 3.8) is 0 Å². The number of nitrogens with one attached hydrogen (secondary N) is 2. The molecule has 0 spiro atoms. The number of ether oxygens (including phenoxy) is 8. The number of phenolic OH excluding ortho intramolecular Hbond substituents is 1. The van der Waals surface area contributed by atoms with Gasteiger partial charge in [-0.25, -0.2) is 4.79 Å². The number of aryl methyl sites for hydroxylation is 1. The average molecular weight is 776 g/mol. The highest BCUT2D eigenvalue weighted by Crippen LogP contribution is 2.21. The van der Waals surface area contributed by atoms with Gasteiger partial charge in [-0.05, 0) is 48.7 Å². The first-order chi connectivity index (χ1) is 26.8. The number of carbonyl (C=O) groups is 2. The monoisotopic (exact) mass is 775 g/mol. The molecule has 0 atom stereocenters. The minimum absolute atomic E-state index is 0.0648. The number of benzene rings is 2. The molecule has 0 aliphatic heterocycles. The second kappa shape index (κ2) is 28.3. The molecule has 3 rings (SSSR count). The number of nitrogens with two attached hydrogens (primary N) is 1. The second-order valence-electron chi connectivity index (χ2n) is 12.2. The third-order valence-corrected chi connectivity index (χ3v) is 7.97. The van der Waals surface area contributed by atoms with Gasteiger partial charge in [0.2, 0.25) is 11.8 Å². The smallest absolute Gasteiger partial charge is 0.340 e. The molecular weight excluding hydrogens is 718 g/mol. The number of carbonyl (C=O) groups excluding carboxylic acids is 2. The molecule has 5 N–H and O–H groups in total. The number of fused-ring (bicyclic) bond motifs is 1. The molecule has 0 saturated carbocycles. The predicted octanol–water partition coefficient (Wildman–Crippen LogP) is 1.93. The largest absolute Gasteiger partial charge is 0.508 e. The Hall–Kier alpha value is -4.13. The summed E-state index contributed by atoms with van der Waals surface area (Å²) in [5, 5.41) is 15.6. The van der Waals surface area contributed by atoms with Gasteiger partial charge in [0.15, 0.2) is 0 Å². The van der Waals surface area contributed by atoms with Crippen molar-refractivity contribution in [1.29, 1.82) is 0 Å². The summed E-state index contributed by atoms with van der Waals surface area (Å²) in [6.45, 7) is 9.34. The van der Waals surface area contributed by atoms with E-state index in [1.807, 2.05) is 12.1 Å². The summed E-state index contributed by atoms with van der Waals surface area (Å²) in [5.41, 5.74) is 8.18. The van der Waals surface area contributed by atoms with Gasteiger partial charge in [0.05, 0.1) is 118 Å². The molecule has 55 heavy (non-hydrogen) atoms. The van der Waals surface area contributed by atoms with Gasteiger partial charge in [0.1, 0.15) is 11.3 Å². The molecule has 306 valence electrons. The first-order valence-electron chi connectivity index (χ1n) is 18.6. The van der Waals surface area contributed by atoms with Crippen molar-refractivity contribution in [2.75, 3.05) is 125 Å². The van der Waals surface area contributed by atoms with E-state index in [2.05, 4.69) is 10.6 Å². The van der Waals surface area contributed by atoms with Crippen molar-refractivity contribution >= 4 is 28.5 Å². The Morgan fingerprint density at radius 2 is 1.11 bits per heavy atom. The molecule has 2 aromatic carbocycles. The average Bonchev–Trinajstić information content (AvgIpc) is 3.16. The maximum Gasteiger partial charge on any atom is 0.340 e. The highest BCUT2D eigenvalue weighted by molar-refractivity contribution is 5.86. The number of anilines is 1. The summed E-state index contributed by atoms with van der Waals surface area (Å²) in [6, 6.07) is 12.0. The Morgan fingerprint density at radius 3 is 1.64 bits per heavy atom. The normalized spacial score (nSPS) is 11.3. The van der Waals surface area contributed by atoms with Crippen molar-refractivity contribution < 1.29 is 57.0 Å². The van der Waals surface area contributed by atoms with Gasteiger partial charge in [0.25, 0.3) is 0 Å². The molecule has 0 bridgehead atoms. The first-order valence-corrected chi connectivity index (χ1v) is 18.6. The highest BCUT2D eigenvalue weighted by Gasteiger charge is 2.15. The van der Waals surface area contributed by atoms with E-state index in [0.29, 0.717) is 148 Å². The summed E-state index contributed by atoms with van der Waals surface area (Å²) in [6.07, 6.45) is 0.907. The molecular formula is C39H57N3O13. The van der Waals surface area contributed by atoms with Crippen molar-refractivity contribution in [3.05, 3.63) is 69.6 Å². The van der Waals surface area contributed by atoms with Crippen LogP contribution < -0.4 is 22.0 Å². The standard InChI is InChI=1S/C39H57N3O13/c1-30-34-7-4-32(40)28-36(34)55-39(46)35(30)29-38(45)42-11-13-48-15-17-50-19-21-52-23-25-54-27-26-53-24-22-51-20-18-49-16-14-47-12-9-37(44)41-10-8-31-2-5-33(43)6-3-31/h2-7,28,43H,8-27,29,40H2,1H3,(H,41,44)(H,42,45). The maximum absolute atomic E-state index is 12.4. The van der Waals surface area contributed by atoms with E-state index in [-0.39, 0.29) is 30.4 Å². The van der Waals surface area contributed by atoms with Crippen molar-refractivity contribution in [2.24, 2.45) is 0 Å². The van der Waals surface area contributed by atoms with Gasteiger partial charge in [-0.15, -0.1) is 0 Å². The lowest BCUT2D eigenvalue weighted by atomic mass is 10.0. The lowest BCUT2D eigenvalue weighted by molar-refractivity contribution is -0.122. The Kier molecular flexibility index (Phi) is 23.3. The lowest BCUT2D eigenvalue weighted by Gasteiger charge is -2.10. The van der Waals surface area contributed by atoms with Crippen LogP contribution >= 0.6 is 0 Å². The lowest BCUT2D eigenvalue weighted by Crippen LogP contribution is -2.30. The van der Waals surface area contributed by atoms with Crippen molar-refractivity contribution in [3.8, 4) is 5.75 Å².